The van der Waals surface area contributed by atoms with Gasteiger partial charge < -0.3 is 5.32 Å². The number of hydrogen-bond acceptors (Lipinski definition) is 4. The first kappa shape index (κ1) is 16.9. The lowest BCUT2D eigenvalue weighted by atomic mass is 10.3. The van der Waals surface area contributed by atoms with Gasteiger partial charge in [0, 0.05) is 13.1 Å². The number of halogens is 3. The van der Waals surface area contributed by atoms with E-state index in [0.29, 0.717) is 6.54 Å². The normalized spacial score (nSPS) is 12.8. The van der Waals surface area contributed by atoms with E-state index in [1.54, 1.807) is 0 Å². The predicted molar refractivity (Wildman–Crippen MR) is 66.6 cm³/mol. The minimum atomic E-state index is -4.40. The van der Waals surface area contributed by atoms with E-state index < -0.39 is 29.2 Å². The number of aryl methyl sites for hydroxylation is 1. The van der Waals surface area contributed by atoms with E-state index in [0.717, 1.165) is 0 Å². The molecule has 0 aromatic carbocycles. The summed E-state index contributed by atoms with van der Waals surface area (Å²) in [4.78, 5) is -0.0966. The number of aromatic nitrogens is 2. The van der Waals surface area contributed by atoms with Gasteiger partial charge in [-0.1, -0.05) is 6.92 Å². The highest BCUT2D eigenvalue weighted by Gasteiger charge is 2.29. The van der Waals surface area contributed by atoms with E-state index in [2.05, 4.69) is 15.5 Å². The Bertz CT molecular complexity index is 539. The quantitative estimate of drug-likeness (QED) is 0.702. The number of rotatable bonds is 7. The zero-order valence-corrected chi connectivity index (χ0v) is 12.0. The van der Waals surface area contributed by atoms with E-state index in [1.165, 1.54) is 6.92 Å². The average molecular weight is 314 g/mol. The van der Waals surface area contributed by atoms with Gasteiger partial charge in [-0.25, -0.2) is 13.1 Å². The van der Waals surface area contributed by atoms with Gasteiger partial charge in [0.15, 0.2) is 0 Å². The molecule has 1 rings (SSSR count). The van der Waals surface area contributed by atoms with Crippen LogP contribution in [-0.4, -0.2) is 37.9 Å². The molecule has 0 saturated heterocycles. The highest BCUT2D eigenvalue weighted by molar-refractivity contribution is 7.89. The summed E-state index contributed by atoms with van der Waals surface area (Å²) in [5, 5.41) is 9.29. The summed E-state index contributed by atoms with van der Waals surface area (Å²) in [6.45, 7) is 3.48. The van der Waals surface area contributed by atoms with Gasteiger partial charge in [-0.2, -0.15) is 18.3 Å². The van der Waals surface area contributed by atoms with Gasteiger partial charge in [-0.05, 0) is 13.5 Å². The summed E-state index contributed by atoms with van der Waals surface area (Å²) in [5.74, 6) is 0. The molecule has 0 fully saturated rings. The van der Waals surface area contributed by atoms with E-state index in [4.69, 9.17) is 0 Å². The van der Waals surface area contributed by atoms with Gasteiger partial charge in [0.05, 0.1) is 17.8 Å². The Morgan fingerprint density at radius 2 is 2.00 bits per heavy atom. The molecule has 0 bridgehead atoms. The third-order valence-electron chi connectivity index (χ3n) is 2.47. The van der Waals surface area contributed by atoms with E-state index in [9.17, 15) is 21.6 Å². The van der Waals surface area contributed by atoms with Crippen molar-refractivity contribution in [2.24, 2.45) is 0 Å². The number of aromatic amines is 1. The van der Waals surface area contributed by atoms with Crippen LogP contribution in [0, 0.1) is 6.92 Å². The second-order valence-electron chi connectivity index (χ2n) is 4.17. The number of sulfonamides is 1. The molecule has 0 atom stereocenters. The van der Waals surface area contributed by atoms with Crippen molar-refractivity contribution in [1.29, 1.82) is 0 Å². The van der Waals surface area contributed by atoms with Gasteiger partial charge in [0.1, 0.15) is 4.90 Å². The fourth-order valence-electron chi connectivity index (χ4n) is 1.59. The lowest BCUT2D eigenvalue weighted by Gasteiger charge is -2.09. The van der Waals surface area contributed by atoms with Crippen LogP contribution in [0.2, 0.25) is 0 Å². The minimum Gasteiger partial charge on any atom is -0.311 e. The molecule has 0 radical (unpaired) electrons. The van der Waals surface area contributed by atoms with Crippen molar-refractivity contribution in [1.82, 2.24) is 20.2 Å². The average Bonchev–Trinajstić information content (AvgIpc) is 2.66. The lowest BCUT2D eigenvalue weighted by molar-refractivity contribution is -0.132. The molecule has 20 heavy (non-hydrogen) atoms. The fraction of sp³-hybridized carbons (Fsp3) is 0.700. The standard InChI is InChI=1S/C10H17F3N4O2S/c1-3-14-6-8-9(7(2)16-17-8)20(18,19)15-5-4-10(11,12)13/h14-15H,3-6H2,1-2H3,(H,16,17). The molecule has 0 aliphatic rings. The number of hydrogen-bond donors (Lipinski definition) is 3. The van der Waals surface area contributed by atoms with Crippen LogP contribution >= 0.6 is 0 Å². The Hall–Kier alpha value is -1.13. The van der Waals surface area contributed by atoms with Crippen molar-refractivity contribution in [3.8, 4) is 0 Å². The largest absolute Gasteiger partial charge is 0.390 e. The number of nitrogens with zero attached hydrogens (tertiary/aromatic N) is 1. The predicted octanol–water partition coefficient (Wildman–Crippen LogP) is 1.06. The zero-order valence-electron chi connectivity index (χ0n) is 11.1. The highest BCUT2D eigenvalue weighted by atomic mass is 32.2. The number of alkyl halides is 3. The van der Waals surface area contributed by atoms with Crippen LogP contribution in [0.3, 0.4) is 0 Å². The van der Waals surface area contributed by atoms with Crippen LogP contribution in [-0.2, 0) is 16.6 Å². The van der Waals surface area contributed by atoms with E-state index in [-0.39, 0.29) is 22.8 Å². The molecule has 0 aliphatic heterocycles. The summed E-state index contributed by atoms with van der Waals surface area (Å²) in [6.07, 6.45) is -5.62. The van der Waals surface area contributed by atoms with Crippen LogP contribution in [0.15, 0.2) is 4.90 Å². The Kier molecular flexibility index (Phi) is 5.54. The molecule has 0 unspecified atom stereocenters. The molecule has 116 valence electrons. The first-order valence-electron chi connectivity index (χ1n) is 5.98. The molecule has 0 amide bonds. The second kappa shape index (κ2) is 6.55. The summed E-state index contributed by atoms with van der Waals surface area (Å²) in [7, 11) is -4.01. The van der Waals surface area contributed by atoms with Crippen molar-refractivity contribution in [2.45, 2.75) is 37.9 Å². The molecule has 1 heterocycles. The molecule has 1 aromatic rings. The molecule has 0 saturated carbocycles. The molecule has 10 heteroatoms. The molecule has 6 nitrogen and oxygen atoms in total. The maximum Gasteiger partial charge on any atom is 0.390 e. The fourth-order valence-corrected chi connectivity index (χ4v) is 2.98. The van der Waals surface area contributed by atoms with Crippen LogP contribution in [0.25, 0.3) is 0 Å². The van der Waals surface area contributed by atoms with Crippen molar-refractivity contribution < 1.29 is 21.6 Å². The van der Waals surface area contributed by atoms with Crippen molar-refractivity contribution >= 4 is 10.0 Å². The maximum absolute atomic E-state index is 12.0. The van der Waals surface area contributed by atoms with Crippen LogP contribution < -0.4 is 10.0 Å². The van der Waals surface area contributed by atoms with Gasteiger partial charge in [0.2, 0.25) is 10.0 Å². The first-order chi connectivity index (χ1) is 9.17. The van der Waals surface area contributed by atoms with Gasteiger partial charge in [-0.15, -0.1) is 0 Å². The Balaban J connectivity index is 2.84. The lowest BCUT2D eigenvalue weighted by Crippen LogP contribution is -2.29. The zero-order chi connectivity index (χ0) is 15.4. The first-order valence-corrected chi connectivity index (χ1v) is 7.46. The van der Waals surface area contributed by atoms with Crippen molar-refractivity contribution in [3.05, 3.63) is 11.4 Å². The number of H-pyrrole nitrogens is 1. The molecular weight excluding hydrogens is 297 g/mol. The third kappa shape index (κ3) is 4.76. The van der Waals surface area contributed by atoms with Crippen molar-refractivity contribution in [3.63, 3.8) is 0 Å². The van der Waals surface area contributed by atoms with Crippen molar-refractivity contribution in [2.75, 3.05) is 13.1 Å². The minimum absolute atomic E-state index is 0.0966. The topological polar surface area (TPSA) is 86.9 Å². The summed E-state index contributed by atoms with van der Waals surface area (Å²) in [5.41, 5.74) is 0.543. The smallest absolute Gasteiger partial charge is 0.311 e. The summed E-state index contributed by atoms with van der Waals surface area (Å²) in [6, 6.07) is 0. The Morgan fingerprint density at radius 1 is 1.35 bits per heavy atom. The molecule has 0 spiro atoms. The van der Waals surface area contributed by atoms with Crippen LogP contribution in [0.5, 0.6) is 0 Å². The molecule has 1 aromatic heterocycles. The van der Waals surface area contributed by atoms with Crippen LogP contribution in [0.1, 0.15) is 24.7 Å². The van der Waals surface area contributed by atoms with Gasteiger partial charge >= 0.3 is 6.18 Å². The highest BCUT2D eigenvalue weighted by Crippen LogP contribution is 2.20. The van der Waals surface area contributed by atoms with Crippen LogP contribution in [0.4, 0.5) is 13.2 Å². The Labute approximate surface area is 115 Å². The summed E-state index contributed by atoms with van der Waals surface area (Å²) >= 11 is 0. The molecule has 0 aliphatic carbocycles. The van der Waals surface area contributed by atoms with Gasteiger partial charge in [0.25, 0.3) is 0 Å². The molecular formula is C10H17F3N4O2S. The third-order valence-corrected chi connectivity index (χ3v) is 4.14. The van der Waals surface area contributed by atoms with E-state index in [1.807, 2.05) is 11.6 Å². The van der Waals surface area contributed by atoms with E-state index >= 15 is 0 Å². The second-order valence-corrected chi connectivity index (χ2v) is 5.87. The Morgan fingerprint density at radius 3 is 2.55 bits per heavy atom. The molecule has 3 N–H and O–H groups in total. The monoisotopic (exact) mass is 314 g/mol. The SMILES string of the molecule is CCNCc1n[nH]c(C)c1S(=O)(=O)NCCC(F)(F)F. The van der Waals surface area contributed by atoms with Gasteiger partial charge in [-0.3, -0.25) is 5.10 Å². The summed E-state index contributed by atoms with van der Waals surface area (Å²) < 4.78 is 62.1. The number of nitrogens with one attached hydrogen (secondary N) is 3. The maximum atomic E-state index is 12.0.